The van der Waals surface area contributed by atoms with Gasteiger partial charge in [-0.25, -0.2) is 13.4 Å². The van der Waals surface area contributed by atoms with Crippen LogP contribution in [0.2, 0.25) is 0 Å². The Morgan fingerprint density at radius 3 is 2.43 bits per heavy atom. The maximum Gasteiger partial charge on any atom is 0.326 e. The van der Waals surface area contributed by atoms with Gasteiger partial charge in [0.2, 0.25) is 0 Å². The minimum Gasteiger partial charge on any atom is -0.464 e. The van der Waals surface area contributed by atoms with Gasteiger partial charge in [-0.2, -0.15) is 0 Å². The quantitative estimate of drug-likeness (QED) is 0.300. The molecular weight excluding hydrogens is 466 g/mol. The number of sulfone groups is 1. The first-order valence-electron chi connectivity index (χ1n) is 11.6. The van der Waals surface area contributed by atoms with Crippen molar-refractivity contribution in [2.75, 3.05) is 24.7 Å². The van der Waals surface area contributed by atoms with E-state index >= 15 is 0 Å². The number of aryl methyl sites for hydroxylation is 1. The zero-order valence-electron chi connectivity index (χ0n) is 20.1. The van der Waals surface area contributed by atoms with Crippen molar-refractivity contribution in [3.05, 3.63) is 76.7 Å². The van der Waals surface area contributed by atoms with Crippen LogP contribution in [0.15, 0.2) is 70.5 Å². The number of rotatable bonds is 12. The van der Waals surface area contributed by atoms with Gasteiger partial charge in [-0.1, -0.05) is 43.7 Å². The maximum atomic E-state index is 13.3. The predicted octanol–water partition coefficient (Wildman–Crippen LogP) is 3.70. The SMILES string of the molecule is CCCCOC(=O)Cn1c(-c2ccc(S(C)(=O)=O)cc2)ncc(NCCCc2ccccc2)c1=O. The van der Waals surface area contributed by atoms with E-state index in [9.17, 15) is 18.0 Å². The average Bonchev–Trinajstić information content (AvgIpc) is 2.84. The molecule has 1 heterocycles. The van der Waals surface area contributed by atoms with Crippen LogP contribution < -0.4 is 10.9 Å². The summed E-state index contributed by atoms with van der Waals surface area (Å²) in [5.41, 5.74) is 1.63. The number of benzene rings is 2. The van der Waals surface area contributed by atoms with E-state index in [1.807, 2.05) is 25.1 Å². The number of esters is 1. The van der Waals surface area contributed by atoms with Gasteiger partial charge in [0.1, 0.15) is 18.1 Å². The van der Waals surface area contributed by atoms with Crippen LogP contribution in [-0.4, -0.2) is 43.3 Å². The normalized spacial score (nSPS) is 11.3. The van der Waals surface area contributed by atoms with E-state index in [2.05, 4.69) is 22.4 Å². The van der Waals surface area contributed by atoms with Crippen molar-refractivity contribution in [1.29, 1.82) is 0 Å². The number of aromatic nitrogens is 2. The van der Waals surface area contributed by atoms with Crippen LogP contribution in [0.1, 0.15) is 31.7 Å². The molecule has 0 aliphatic rings. The van der Waals surface area contributed by atoms with Gasteiger partial charge in [-0.05, 0) is 49.1 Å². The number of unbranched alkanes of at least 4 members (excludes halogenated alkanes) is 1. The second kappa shape index (κ2) is 12.3. The van der Waals surface area contributed by atoms with Crippen LogP contribution in [0.25, 0.3) is 11.4 Å². The van der Waals surface area contributed by atoms with Crippen molar-refractivity contribution in [1.82, 2.24) is 9.55 Å². The van der Waals surface area contributed by atoms with Crippen molar-refractivity contribution < 1.29 is 17.9 Å². The standard InChI is InChI=1S/C26H31N3O5S/c1-3-4-17-34-24(30)19-29-25(21-12-14-22(15-13-21)35(2,32)33)28-18-23(26(29)31)27-16-8-11-20-9-6-5-7-10-20/h5-7,9-10,12-15,18,27H,3-4,8,11,16-17,19H2,1-2H3. The molecule has 0 bridgehead atoms. The molecular formula is C26H31N3O5S. The largest absolute Gasteiger partial charge is 0.464 e. The third-order valence-corrected chi connectivity index (χ3v) is 6.56. The van der Waals surface area contributed by atoms with Gasteiger partial charge in [-0.15, -0.1) is 0 Å². The molecule has 0 fully saturated rings. The Hall–Kier alpha value is -3.46. The highest BCUT2D eigenvalue weighted by molar-refractivity contribution is 7.90. The van der Waals surface area contributed by atoms with Crippen LogP contribution in [-0.2, 0) is 32.3 Å². The van der Waals surface area contributed by atoms with E-state index in [0.717, 1.165) is 31.9 Å². The molecule has 0 atom stereocenters. The van der Waals surface area contributed by atoms with Crippen molar-refractivity contribution >= 4 is 21.5 Å². The van der Waals surface area contributed by atoms with Crippen molar-refractivity contribution in [2.45, 2.75) is 44.0 Å². The molecule has 2 aromatic carbocycles. The molecule has 3 aromatic rings. The Morgan fingerprint density at radius 1 is 1.06 bits per heavy atom. The maximum absolute atomic E-state index is 13.3. The molecule has 0 spiro atoms. The van der Waals surface area contributed by atoms with Crippen molar-refractivity contribution in [2.24, 2.45) is 0 Å². The number of nitrogens with one attached hydrogen (secondary N) is 1. The van der Waals surface area contributed by atoms with Crippen LogP contribution in [0.5, 0.6) is 0 Å². The molecule has 0 saturated carbocycles. The zero-order chi connectivity index (χ0) is 25.3. The molecule has 0 aliphatic heterocycles. The number of carbonyl (C=O) groups is 1. The number of ether oxygens (including phenoxy) is 1. The van der Waals surface area contributed by atoms with Crippen LogP contribution in [0, 0.1) is 0 Å². The molecule has 1 N–H and O–H groups in total. The summed E-state index contributed by atoms with van der Waals surface area (Å²) in [6.07, 6.45) is 5.88. The van der Waals surface area contributed by atoms with E-state index < -0.39 is 21.4 Å². The Bertz CT molecular complexity index is 1290. The van der Waals surface area contributed by atoms with E-state index in [-0.39, 0.29) is 29.6 Å². The first-order chi connectivity index (χ1) is 16.8. The third kappa shape index (κ3) is 7.51. The third-order valence-electron chi connectivity index (χ3n) is 5.44. The van der Waals surface area contributed by atoms with Crippen LogP contribution >= 0.6 is 0 Å². The molecule has 3 rings (SSSR count). The number of hydrogen-bond donors (Lipinski definition) is 1. The van der Waals surface area contributed by atoms with Gasteiger partial charge in [0, 0.05) is 18.4 Å². The van der Waals surface area contributed by atoms with E-state index in [4.69, 9.17) is 4.74 Å². The van der Waals surface area contributed by atoms with Gasteiger partial charge in [-0.3, -0.25) is 14.2 Å². The van der Waals surface area contributed by atoms with Gasteiger partial charge >= 0.3 is 5.97 Å². The van der Waals surface area contributed by atoms with Crippen molar-refractivity contribution in [3.63, 3.8) is 0 Å². The summed E-state index contributed by atoms with van der Waals surface area (Å²) < 4.78 is 30.1. The average molecular weight is 498 g/mol. The van der Waals surface area contributed by atoms with Crippen LogP contribution in [0.4, 0.5) is 5.69 Å². The smallest absolute Gasteiger partial charge is 0.326 e. The molecule has 0 radical (unpaired) electrons. The van der Waals surface area contributed by atoms with E-state index in [0.29, 0.717) is 12.1 Å². The van der Waals surface area contributed by atoms with Gasteiger partial charge in [0.15, 0.2) is 9.84 Å². The molecule has 0 saturated heterocycles. The summed E-state index contributed by atoms with van der Waals surface area (Å²) in [4.78, 5) is 30.3. The fraction of sp³-hybridized carbons (Fsp3) is 0.346. The highest BCUT2D eigenvalue weighted by Crippen LogP contribution is 2.20. The number of anilines is 1. The monoisotopic (exact) mass is 497 g/mol. The summed E-state index contributed by atoms with van der Waals surface area (Å²) >= 11 is 0. The van der Waals surface area contributed by atoms with Gasteiger partial charge < -0.3 is 10.1 Å². The molecule has 1 aromatic heterocycles. The lowest BCUT2D eigenvalue weighted by molar-refractivity contribution is -0.144. The summed E-state index contributed by atoms with van der Waals surface area (Å²) in [6.45, 7) is 2.55. The highest BCUT2D eigenvalue weighted by Gasteiger charge is 2.17. The molecule has 9 heteroatoms. The fourth-order valence-electron chi connectivity index (χ4n) is 3.51. The van der Waals surface area contributed by atoms with Crippen LogP contribution in [0.3, 0.4) is 0 Å². The Morgan fingerprint density at radius 2 is 1.77 bits per heavy atom. The summed E-state index contributed by atoms with van der Waals surface area (Å²) in [5.74, 6) is -0.269. The summed E-state index contributed by atoms with van der Waals surface area (Å²) in [7, 11) is -3.36. The molecule has 0 unspecified atom stereocenters. The second-order valence-electron chi connectivity index (χ2n) is 8.27. The first-order valence-corrected chi connectivity index (χ1v) is 13.5. The van der Waals surface area contributed by atoms with Crippen molar-refractivity contribution in [3.8, 4) is 11.4 Å². The molecule has 35 heavy (non-hydrogen) atoms. The summed E-state index contributed by atoms with van der Waals surface area (Å²) in [5, 5.41) is 3.13. The molecule has 186 valence electrons. The van der Waals surface area contributed by atoms with Gasteiger partial charge in [0.05, 0.1) is 17.7 Å². The predicted molar refractivity (Wildman–Crippen MR) is 136 cm³/mol. The minimum absolute atomic E-state index is 0.158. The molecule has 8 nitrogen and oxygen atoms in total. The van der Waals surface area contributed by atoms with Gasteiger partial charge in [0.25, 0.3) is 5.56 Å². The topological polar surface area (TPSA) is 107 Å². The number of nitrogens with zero attached hydrogens (tertiary/aromatic N) is 2. The lowest BCUT2D eigenvalue weighted by Gasteiger charge is -2.15. The Balaban J connectivity index is 1.83. The molecule has 0 amide bonds. The summed E-state index contributed by atoms with van der Waals surface area (Å²) in [6, 6.07) is 16.1. The minimum atomic E-state index is -3.36. The highest BCUT2D eigenvalue weighted by atomic mass is 32.2. The Labute approximate surface area is 205 Å². The zero-order valence-corrected chi connectivity index (χ0v) is 20.9. The lowest BCUT2D eigenvalue weighted by atomic mass is 10.1. The molecule has 0 aliphatic carbocycles. The fourth-order valence-corrected chi connectivity index (χ4v) is 4.14. The second-order valence-corrected chi connectivity index (χ2v) is 10.3. The number of hydrogen-bond acceptors (Lipinski definition) is 7. The Kier molecular flexibility index (Phi) is 9.19. The van der Waals surface area contributed by atoms with E-state index in [1.54, 1.807) is 12.1 Å². The lowest BCUT2D eigenvalue weighted by Crippen LogP contribution is -2.30. The first kappa shape index (κ1) is 26.2. The number of carbonyl (C=O) groups excluding carboxylic acids is 1. The van der Waals surface area contributed by atoms with E-state index in [1.165, 1.54) is 28.5 Å².